The van der Waals surface area contributed by atoms with Gasteiger partial charge >= 0.3 is 0 Å². The predicted octanol–water partition coefficient (Wildman–Crippen LogP) is 17.1. The van der Waals surface area contributed by atoms with Crippen LogP contribution in [0.4, 0.5) is 0 Å². The zero-order valence-electron chi connectivity index (χ0n) is 32.6. The molecule has 0 aliphatic rings. The van der Waals surface area contributed by atoms with Gasteiger partial charge in [-0.2, -0.15) is 0 Å². The summed E-state index contributed by atoms with van der Waals surface area (Å²) in [4.78, 5) is 0. The van der Waals surface area contributed by atoms with E-state index in [-0.39, 0.29) is 0 Å². The minimum Gasteiger partial charge on any atom is -0.0622 e. The lowest BCUT2D eigenvalue weighted by Gasteiger charge is -2.22. The molecule has 0 heterocycles. The highest BCUT2D eigenvalue weighted by Crippen LogP contribution is 2.51. The van der Waals surface area contributed by atoms with Gasteiger partial charge in [0.1, 0.15) is 0 Å². The van der Waals surface area contributed by atoms with Gasteiger partial charge in [-0.15, -0.1) is 0 Å². The molecule has 0 spiro atoms. The second-order valence-electron chi connectivity index (χ2n) is 16.6. The Morgan fingerprint density at radius 1 is 0.183 bits per heavy atom. The third-order valence-electron chi connectivity index (χ3n) is 13.7. The van der Waals surface area contributed by atoms with Crippen molar-refractivity contribution in [1.82, 2.24) is 0 Å². The molecule has 0 N–H and O–H groups in total. The molecule has 14 aromatic rings. The number of hydrogen-bond acceptors (Lipinski definition) is 0. The largest absolute Gasteiger partial charge is 0.0622 e. The molecule has 0 fully saturated rings. The first-order valence-corrected chi connectivity index (χ1v) is 21.0. The molecule has 0 saturated heterocycles. The van der Waals surface area contributed by atoms with E-state index in [1.54, 1.807) is 0 Å². The number of fused-ring (bicyclic) bond motifs is 6. The summed E-state index contributed by atoms with van der Waals surface area (Å²) in [7, 11) is 0. The number of hydrogen-bond donors (Lipinski definition) is 0. The Morgan fingerprint density at radius 2 is 0.533 bits per heavy atom. The van der Waals surface area contributed by atoms with Crippen LogP contribution in [-0.4, -0.2) is 0 Å². The first kappa shape index (κ1) is 32.2. The molecule has 0 aliphatic heterocycles. The summed E-state index contributed by atoms with van der Waals surface area (Å²) in [5.74, 6) is 0. The Labute approximate surface area is 345 Å². The molecule has 0 unspecified atom stereocenters. The number of benzene rings is 14. The highest BCUT2D eigenvalue weighted by molar-refractivity contribution is 6.37. The van der Waals surface area contributed by atoms with Gasteiger partial charge in [0.25, 0.3) is 0 Å². The summed E-state index contributed by atoms with van der Waals surface area (Å²) >= 11 is 0. The topological polar surface area (TPSA) is 0 Å². The van der Waals surface area contributed by atoms with E-state index in [0.29, 0.717) is 0 Å². The van der Waals surface area contributed by atoms with Crippen molar-refractivity contribution < 1.29 is 0 Å². The quantitative estimate of drug-likeness (QED) is 0.124. The van der Waals surface area contributed by atoms with E-state index in [0.717, 1.165) is 0 Å². The summed E-state index contributed by atoms with van der Waals surface area (Å²) in [5.41, 5.74) is 7.54. The third-order valence-corrected chi connectivity index (χ3v) is 13.7. The fourth-order valence-electron chi connectivity index (χ4n) is 11.3. The van der Waals surface area contributed by atoms with Crippen LogP contribution in [0.2, 0.25) is 0 Å². The standard InChI is InChI=1S/C60H34/c1-2-12-35(13-3-1)38-28-29-53-54(34-38)60(52-33-31-50-42-23-9-17-37-15-7-21-40(56(37)42)46-25-11-27-48(52)58(46)50)44-19-5-4-18-43(44)59(53)51-32-30-49-41-22-8-16-36-14-6-20-39(55(36)41)45-24-10-26-47(51)57(45)49/h1-34H. The SMILES string of the molecule is c1ccc(-c2ccc3c(-c4ccc5c6cccc7cccc(c8cccc4c85)c76)c4ccccc4c(-c4ccc5c6cccc7cccc(c8cccc4c85)c76)c3c2)cc1. The first-order chi connectivity index (χ1) is 29.8. The normalized spacial score (nSPS) is 12.3. The van der Waals surface area contributed by atoms with Crippen molar-refractivity contribution in [3.8, 4) is 33.4 Å². The number of rotatable bonds is 3. The lowest BCUT2D eigenvalue weighted by molar-refractivity contribution is 1.64. The van der Waals surface area contributed by atoms with Crippen LogP contribution < -0.4 is 0 Å². The van der Waals surface area contributed by atoms with Crippen LogP contribution in [0.25, 0.3) is 141 Å². The van der Waals surface area contributed by atoms with Gasteiger partial charge in [0.05, 0.1) is 0 Å². The first-order valence-electron chi connectivity index (χ1n) is 21.0. The molecule has 0 radical (unpaired) electrons. The second-order valence-corrected chi connectivity index (χ2v) is 16.6. The minimum absolute atomic E-state index is 1.22. The fourth-order valence-corrected chi connectivity index (χ4v) is 11.3. The van der Waals surface area contributed by atoms with Gasteiger partial charge in [-0.1, -0.05) is 200 Å². The van der Waals surface area contributed by atoms with E-state index in [4.69, 9.17) is 0 Å². The summed E-state index contributed by atoms with van der Waals surface area (Å²) in [6, 6.07) is 77.7. The molecule has 0 atom stereocenters. The summed E-state index contributed by atoms with van der Waals surface area (Å²) in [5, 5.41) is 26.1. The van der Waals surface area contributed by atoms with Gasteiger partial charge in [-0.25, -0.2) is 0 Å². The Balaban J connectivity index is 1.15. The maximum Gasteiger partial charge on any atom is -0.00199 e. The van der Waals surface area contributed by atoms with E-state index < -0.39 is 0 Å². The van der Waals surface area contributed by atoms with Gasteiger partial charge in [0.15, 0.2) is 0 Å². The van der Waals surface area contributed by atoms with Crippen molar-refractivity contribution in [2.24, 2.45) is 0 Å². The van der Waals surface area contributed by atoms with E-state index in [9.17, 15) is 0 Å². The van der Waals surface area contributed by atoms with E-state index in [2.05, 4.69) is 206 Å². The zero-order valence-corrected chi connectivity index (χ0v) is 32.6. The third kappa shape index (κ3) is 4.19. The van der Waals surface area contributed by atoms with Crippen molar-refractivity contribution in [3.05, 3.63) is 206 Å². The maximum atomic E-state index is 2.46. The van der Waals surface area contributed by atoms with Gasteiger partial charge in [-0.05, 0) is 147 Å². The molecule has 0 saturated carbocycles. The van der Waals surface area contributed by atoms with Crippen molar-refractivity contribution >= 4 is 108 Å². The van der Waals surface area contributed by atoms with Crippen LogP contribution in [0.3, 0.4) is 0 Å². The summed E-state index contributed by atoms with van der Waals surface area (Å²) in [6.07, 6.45) is 0. The molecule has 60 heavy (non-hydrogen) atoms. The van der Waals surface area contributed by atoms with Gasteiger partial charge in [0, 0.05) is 0 Å². The summed E-state index contributed by atoms with van der Waals surface area (Å²) < 4.78 is 0. The smallest absolute Gasteiger partial charge is 0.00199 e. The zero-order chi connectivity index (χ0) is 39.1. The Kier molecular flexibility index (Phi) is 6.38. The monoisotopic (exact) mass is 754 g/mol. The lowest BCUT2D eigenvalue weighted by atomic mass is 9.80. The van der Waals surface area contributed by atoms with Crippen LogP contribution in [0.15, 0.2) is 206 Å². The van der Waals surface area contributed by atoms with Crippen molar-refractivity contribution in [3.63, 3.8) is 0 Å². The van der Waals surface area contributed by atoms with Crippen LogP contribution >= 0.6 is 0 Å². The second kappa shape index (κ2) is 11.9. The van der Waals surface area contributed by atoms with Gasteiger partial charge in [0.2, 0.25) is 0 Å². The lowest BCUT2D eigenvalue weighted by Crippen LogP contribution is -1.95. The van der Waals surface area contributed by atoms with Crippen LogP contribution in [0.5, 0.6) is 0 Å². The molecular weight excluding hydrogens is 721 g/mol. The van der Waals surface area contributed by atoms with Crippen LogP contribution in [0, 0.1) is 0 Å². The minimum atomic E-state index is 1.22. The van der Waals surface area contributed by atoms with Crippen LogP contribution in [-0.2, 0) is 0 Å². The highest BCUT2D eigenvalue weighted by Gasteiger charge is 2.23. The molecule has 0 amide bonds. The molecule has 0 aromatic heterocycles. The summed E-state index contributed by atoms with van der Waals surface area (Å²) in [6.45, 7) is 0. The Morgan fingerprint density at radius 3 is 1.03 bits per heavy atom. The maximum absolute atomic E-state index is 2.46. The van der Waals surface area contributed by atoms with E-state index in [1.807, 2.05) is 0 Å². The van der Waals surface area contributed by atoms with Gasteiger partial charge in [-0.3, -0.25) is 0 Å². The predicted molar refractivity (Wildman–Crippen MR) is 260 cm³/mol. The molecule has 274 valence electrons. The Hall–Kier alpha value is -7.80. The van der Waals surface area contributed by atoms with Crippen molar-refractivity contribution in [1.29, 1.82) is 0 Å². The highest BCUT2D eigenvalue weighted by atomic mass is 14.3. The molecule has 0 aliphatic carbocycles. The average Bonchev–Trinajstić information content (AvgIpc) is 3.31. The van der Waals surface area contributed by atoms with Crippen LogP contribution in [0.1, 0.15) is 0 Å². The average molecular weight is 755 g/mol. The fraction of sp³-hybridized carbons (Fsp3) is 0. The Bertz CT molecular complexity index is 4000. The molecule has 14 rings (SSSR count). The molecule has 0 heteroatoms. The van der Waals surface area contributed by atoms with Gasteiger partial charge < -0.3 is 0 Å². The molecular formula is C60H34. The van der Waals surface area contributed by atoms with Crippen molar-refractivity contribution in [2.45, 2.75) is 0 Å². The molecule has 0 bridgehead atoms. The molecule has 14 aromatic carbocycles. The van der Waals surface area contributed by atoms with E-state index in [1.165, 1.54) is 141 Å². The molecule has 0 nitrogen and oxygen atoms in total. The van der Waals surface area contributed by atoms with E-state index >= 15 is 0 Å². The van der Waals surface area contributed by atoms with Crippen molar-refractivity contribution in [2.75, 3.05) is 0 Å².